The zero-order chi connectivity index (χ0) is 11.0. The van der Waals surface area contributed by atoms with Gasteiger partial charge < -0.3 is 4.90 Å². The largest absolute Gasteiger partial charge is 0.309 e. The first-order valence-corrected chi connectivity index (χ1v) is 5.40. The van der Waals surface area contributed by atoms with Gasteiger partial charge in [-0.2, -0.15) is 0 Å². The Morgan fingerprint density at radius 1 is 1.14 bits per heavy atom. The molecule has 0 fully saturated rings. The summed E-state index contributed by atoms with van der Waals surface area (Å²) in [5.74, 6) is 0. The zero-order valence-corrected chi connectivity index (χ0v) is 10.1. The number of rotatable bonds is 8. The van der Waals surface area contributed by atoms with E-state index < -0.39 is 0 Å². The summed E-state index contributed by atoms with van der Waals surface area (Å²) in [5.41, 5.74) is 0.375. The highest BCUT2D eigenvalue weighted by Crippen LogP contribution is 2.32. The van der Waals surface area contributed by atoms with Crippen LogP contribution in [0.2, 0.25) is 0 Å². The maximum absolute atomic E-state index is 3.83. The summed E-state index contributed by atoms with van der Waals surface area (Å²) in [7, 11) is 4.25. The minimum Gasteiger partial charge on any atom is -0.309 e. The Hall–Kier alpha value is -0.560. The second kappa shape index (κ2) is 6.83. The summed E-state index contributed by atoms with van der Waals surface area (Å²) in [6.45, 7) is 11.1. The molecule has 0 unspecified atom stereocenters. The van der Waals surface area contributed by atoms with Gasteiger partial charge in [0.25, 0.3) is 0 Å². The lowest BCUT2D eigenvalue weighted by atomic mass is 9.79. The smallest absolute Gasteiger partial charge is 0.00246 e. The van der Waals surface area contributed by atoms with Gasteiger partial charge in [0.1, 0.15) is 0 Å². The van der Waals surface area contributed by atoms with E-state index in [1.54, 1.807) is 0 Å². The van der Waals surface area contributed by atoms with Gasteiger partial charge in [0, 0.05) is 0 Å². The highest BCUT2D eigenvalue weighted by atomic mass is 15.0. The van der Waals surface area contributed by atoms with E-state index in [1.807, 2.05) is 12.2 Å². The fourth-order valence-electron chi connectivity index (χ4n) is 1.81. The molecule has 0 rings (SSSR count). The van der Waals surface area contributed by atoms with E-state index in [0.29, 0.717) is 5.41 Å². The fraction of sp³-hybridized carbons (Fsp3) is 0.692. The molecule has 14 heavy (non-hydrogen) atoms. The molecule has 0 aliphatic carbocycles. The number of nitrogens with zero attached hydrogens (tertiary/aromatic N) is 1. The molecular weight excluding hydrogens is 170 g/mol. The number of hydrogen-bond acceptors (Lipinski definition) is 1. The first-order valence-electron chi connectivity index (χ1n) is 5.40. The van der Waals surface area contributed by atoms with Crippen LogP contribution in [0, 0.1) is 5.41 Å². The lowest BCUT2D eigenvalue weighted by molar-refractivity contribution is 0.273. The van der Waals surface area contributed by atoms with Gasteiger partial charge in [-0.15, -0.1) is 13.2 Å². The molecule has 0 N–H and O–H groups in total. The third kappa shape index (κ3) is 5.98. The minimum atomic E-state index is 0.375. The van der Waals surface area contributed by atoms with Crippen molar-refractivity contribution in [1.29, 1.82) is 0 Å². The molecule has 0 spiro atoms. The van der Waals surface area contributed by atoms with Crippen LogP contribution in [0.3, 0.4) is 0 Å². The second-order valence-corrected chi connectivity index (χ2v) is 4.70. The molecule has 0 aromatic rings. The second-order valence-electron chi connectivity index (χ2n) is 4.70. The predicted molar refractivity (Wildman–Crippen MR) is 65.5 cm³/mol. The lowest BCUT2D eigenvalue weighted by Gasteiger charge is -2.27. The van der Waals surface area contributed by atoms with Crippen LogP contribution in [0.4, 0.5) is 0 Å². The van der Waals surface area contributed by atoms with Gasteiger partial charge in [0.2, 0.25) is 0 Å². The van der Waals surface area contributed by atoms with Gasteiger partial charge in [-0.1, -0.05) is 19.1 Å². The summed E-state index contributed by atoms with van der Waals surface area (Å²) in [5, 5.41) is 0. The quantitative estimate of drug-likeness (QED) is 0.536. The predicted octanol–water partition coefficient (Wildman–Crippen LogP) is 3.49. The molecule has 0 saturated heterocycles. The van der Waals surface area contributed by atoms with Crippen molar-refractivity contribution in [1.82, 2.24) is 4.90 Å². The van der Waals surface area contributed by atoms with Gasteiger partial charge in [0.05, 0.1) is 0 Å². The van der Waals surface area contributed by atoms with Crippen LogP contribution in [0.5, 0.6) is 0 Å². The van der Waals surface area contributed by atoms with Crippen LogP contribution in [0.15, 0.2) is 25.3 Å². The van der Waals surface area contributed by atoms with Gasteiger partial charge in [-0.3, -0.25) is 0 Å². The molecule has 0 heterocycles. The highest BCUT2D eigenvalue weighted by Gasteiger charge is 2.20. The van der Waals surface area contributed by atoms with Crippen molar-refractivity contribution in [2.75, 3.05) is 20.6 Å². The van der Waals surface area contributed by atoms with Crippen LogP contribution in [-0.4, -0.2) is 25.5 Å². The van der Waals surface area contributed by atoms with Gasteiger partial charge in [-0.05, 0) is 51.7 Å². The van der Waals surface area contributed by atoms with Crippen molar-refractivity contribution < 1.29 is 0 Å². The normalized spacial score (nSPS) is 11.7. The van der Waals surface area contributed by atoms with Crippen LogP contribution >= 0.6 is 0 Å². The number of hydrogen-bond donors (Lipinski definition) is 0. The van der Waals surface area contributed by atoms with E-state index in [2.05, 4.69) is 39.1 Å². The summed E-state index contributed by atoms with van der Waals surface area (Å²) in [6, 6.07) is 0. The lowest BCUT2D eigenvalue weighted by Crippen LogP contribution is -2.19. The Balaban J connectivity index is 3.94. The molecule has 0 amide bonds. The van der Waals surface area contributed by atoms with Crippen LogP contribution in [0.25, 0.3) is 0 Å². The fourth-order valence-corrected chi connectivity index (χ4v) is 1.81. The molecule has 0 aromatic carbocycles. The summed E-state index contributed by atoms with van der Waals surface area (Å²) in [6.07, 6.45) is 8.74. The van der Waals surface area contributed by atoms with E-state index in [4.69, 9.17) is 0 Å². The molecule has 1 heteroatoms. The summed E-state index contributed by atoms with van der Waals surface area (Å²) >= 11 is 0. The Bertz CT molecular complexity index is 160. The van der Waals surface area contributed by atoms with Crippen molar-refractivity contribution in [3.8, 4) is 0 Å². The minimum absolute atomic E-state index is 0.375. The average Bonchev–Trinajstić information content (AvgIpc) is 2.03. The van der Waals surface area contributed by atoms with Crippen molar-refractivity contribution in [3.63, 3.8) is 0 Å². The molecule has 0 bridgehead atoms. The van der Waals surface area contributed by atoms with Crippen molar-refractivity contribution >= 4 is 0 Å². The van der Waals surface area contributed by atoms with Crippen molar-refractivity contribution in [3.05, 3.63) is 25.3 Å². The third-order valence-electron chi connectivity index (χ3n) is 2.66. The van der Waals surface area contributed by atoms with E-state index in [1.165, 1.54) is 19.4 Å². The Labute approximate surface area is 89.5 Å². The monoisotopic (exact) mass is 195 g/mol. The summed E-state index contributed by atoms with van der Waals surface area (Å²) < 4.78 is 0. The molecule has 0 atom stereocenters. The molecule has 82 valence electrons. The molecule has 1 nitrogen and oxygen atoms in total. The maximum atomic E-state index is 3.83. The Kier molecular flexibility index (Phi) is 6.56. The Morgan fingerprint density at radius 3 is 2.00 bits per heavy atom. The zero-order valence-electron chi connectivity index (χ0n) is 10.1. The highest BCUT2D eigenvalue weighted by molar-refractivity contribution is 4.88. The van der Waals surface area contributed by atoms with E-state index in [9.17, 15) is 0 Å². The van der Waals surface area contributed by atoms with E-state index >= 15 is 0 Å². The van der Waals surface area contributed by atoms with Gasteiger partial charge in [0.15, 0.2) is 0 Å². The van der Waals surface area contributed by atoms with Gasteiger partial charge >= 0.3 is 0 Å². The first-order chi connectivity index (χ1) is 6.54. The topological polar surface area (TPSA) is 3.24 Å². The van der Waals surface area contributed by atoms with E-state index in [0.717, 1.165) is 12.8 Å². The molecule has 0 aliphatic rings. The van der Waals surface area contributed by atoms with Crippen LogP contribution in [-0.2, 0) is 0 Å². The standard InChI is InChI=1S/C13H25N/c1-6-9-13(3,10-7-2)11-8-12-14(4)5/h6-7H,1-2,8-12H2,3-5H3. The molecule has 0 saturated carbocycles. The first kappa shape index (κ1) is 13.4. The summed E-state index contributed by atoms with van der Waals surface area (Å²) in [4.78, 5) is 2.24. The van der Waals surface area contributed by atoms with Crippen molar-refractivity contribution in [2.24, 2.45) is 5.41 Å². The average molecular weight is 195 g/mol. The molecule has 0 aromatic heterocycles. The SMILES string of the molecule is C=CCC(C)(CC=C)CCCN(C)C. The van der Waals surface area contributed by atoms with E-state index in [-0.39, 0.29) is 0 Å². The molecular formula is C13H25N. The maximum Gasteiger partial charge on any atom is -0.00246 e. The van der Waals surface area contributed by atoms with Crippen molar-refractivity contribution in [2.45, 2.75) is 32.6 Å². The van der Waals surface area contributed by atoms with Crippen LogP contribution in [0.1, 0.15) is 32.6 Å². The van der Waals surface area contributed by atoms with Gasteiger partial charge in [-0.25, -0.2) is 0 Å². The third-order valence-corrected chi connectivity index (χ3v) is 2.66. The number of allylic oxidation sites excluding steroid dienone is 2. The molecule has 0 radical (unpaired) electrons. The van der Waals surface area contributed by atoms with Crippen LogP contribution < -0.4 is 0 Å². The molecule has 0 aliphatic heterocycles. The Morgan fingerprint density at radius 2 is 1.64 bits per heavy atom.